The lowest BCUT2D eigenvalue weighted by atomic mass is 9.98. The van der Waals surface area contributed by atoms with E-state index in [1.54, 1.807) is 0 Å². The average Bonchev–Trinajstić information content (AvgIpc) is 2.43. The van der Waals surface area contributed by atoms with E-state index in [0.717, 1.165) is 0 Å². The van der Waals surface area contributed by atoms with Crippen molar-refractivity contribution in [2.75, 3.05) is 46.8 Å². The fourth-order valence-corrected chi connectivity index (χ4v) is 2.82. The SMILES string of the molecule is CNC(CCN1CCN(C)CC1)c1ccccc1C. The zero-order valence-electron chi connectivity index (χ0n) is 12.5. The van der Waals surface area contributed by atoms with Crippen LogP contribution in [0.25, 0.3) is 0 Å². The zero-order valence-corrected chi connectivity index (χ0v) is 12.5. The van der Waals surface area contributed by atoms with E-state index in [2.05, 4.69) is 60.4 Å². The first-order valence-electron chi connectivity index (χ1n) is 7.34. The highest BCUT2D eigenvalue weighted by molar-refractivity contribution is 5.28. The number of hydrogen-bond acceptors (Lipinski definition) is 3. The van der Waals surface area contributed by atoms with Crippen LogP contribution in [0.15, 0.2) is 24.3 Å². The molecule has 1 aliphatic rings. The molecule has 1 unspecified atom stereocenters. The summed E-state index contributed by atoms with van der Waals surface area (Å²) in [6.45, 7) is 8.22. The number of rotatable bonds is 5. The largest absolute Gasteiger partial charge is 0.313 e. The van der Waals surface area contributed by atoms with Gasteiger partial charge in [-0.1, -0.05) is 24.3 Å². The number of piperazine rings is 1. The molecule has 0 saturated carbocycles. The Hall–Kier alpha value is -0.900. The molecular formula is C16H27N3. The van der Waals surface area contributed by atoms with Gasteiger partial charge in [0.1, 0.15) is 0 Å². The van der Waals surface area contributed by atoms with Crippen LogP contribution in [0.4, 0.5) is 0 Å². The van der Waals surface area contributed by atoms with E-state index >= 15 is 0 Å². The van der Waals surface area contributed by atoms with E-state index in [1.165, 1.54) is 50.3 Å². The highest BCUT2D eigenvalue weighted by Gasteiger charge is 2.16. The Morgan fingerprint density at radius 2 is 1.84 bits per heavy atom. The Morgan fingerprint density at radius 3 is 2.47 bits per heavy atom. The van der Waals surface area contributed by atoms with E-state index in [0.29, 0.717) is 6.04 Å². The number of nitrogens with zero attached hydrogens (tertiary/aromatic N) is 2. The molecular weight excluding hydrogens is 234 g/mol. The van der Waals surface area contributed by atoms with Gasteiger partial charge in [-0.3, -0.25) is 0 Å². The van der Waals surface area contributed by atoms with E-state index in [4.69, 9.17) is 0 Å². The van der Waals surface area contributed by atoms with Crippen LogP contribution in [0.2, 0.25) is 0 Å². The van der Waals surface area contributed by atoms with Gasteiger partial charge in [-0.05, 0) is 38.6 Å². The Balaban J connectivity index is 1.88. The van der Waals surface area contributed by atoms with Crippen LogP contribution in [0.3, 0.4) is 0 Å². The topological polar surface area (TPSA) is 18.5 Å². The van der Waals surface area contributed by atoms with Gasteiger partial charge in [0.25, 0.3) is 0 Å². The third kappa shape index (κ3) is 4.03. The highest BCUT2D eigenvalue weighted by atomic mass is 15.2. The summed E-state index contributed by atoms with van der Waals surface area (Å²) in [7, 11) is 4.28. The van der Waals surface area contributed by atoms with Gasteiger partial charge in [0, 0.05) is 38.8 Å². The molecule has 0 amide bonds. The van der Waals surface area contributed by atoms with Crippen molar-refractivity contribution in [3.8, 4) is 0 Å². The quantitative estimate of drug-likeness (QED) is 0.873. The summed E-state index contributed by atoms with van der Waals surface area (Å²) in [6.07, 6.45) is 1.19. The smallest absolute Gasteiger partial charge is 0.0332 e. The molecule has 1 heterocycles. The van der Waals surface area contributed by atoms with Gasteiger partial charge >= 0.3 is 0 Å². The summed E-state index contributed by atoms with van der Waals surface area (Å²) >= 11 is 0. The Morgan fingerprint density at radius 1 is 1.16 bits per heavy atom. The first kappa shape index (κ1) is 14.5. The lowest BCUT2D eigenvalue weighted by molar-refractivity contribution is 0.149. The average molecular weight is 261 g/mol. The first-order valence-corrected chi connectivity index (χ1v) is 7.34. The molecule has 106 valence electrons. The maximum absolute atomic E-state index is 3.47. The van der Waals surface area contributed by atoms with Crippen molar-refractivity contribution in [1.29, 1.82) is 0 Å². The summed E-state index contributed by atoms with van der Waals surface area (Å²) in [6, 6.07) is 9.19. The summed E-state index contributed by atoms with van der Waals surface area (Å²) < 4.78 is 0. The maximum Gasteiger partial charge on any atom is 0.0332 e. The summed E-state index contributed by atoms with van der Waals surface area (Å²) in [5, 5.41) is 3.47. The van der Waals surface area contributed by atoms with Crippen molar-refractivity contribution in [2.45, 2.75) is 19.4 Å². The first-order chi connectivity index (χ1) is 9.20. The molecule has 3 nitrogen and oxygen atoms in total. The van der Waals surface area contributed by atoms with Crippen molar-refractivity contribution < 1.29 is 0 Å². The number of nitrogens with one attached hydrogen (secondary N) is 1. The van der Waals surface area contributed by atoms with E-state index in [1.807, 2.05) is 0 Å². The molecule has 1 aromatic carbocycles. The minimum absolute atomic E-state index is 0.473. The van der Waals surface area contributed by atoms with E-state index < -0.39 is 0 Å². The minimum atomic E-state index is 0.473. The molecule has 1 atom stereocenters. The summed E-state index contributed by atoms with van der Waals surface area (Å²) in [5.74, 6) is 0. The molecule has 1 N–H and O–H groups in total. The monoisotopic (exact) mass is 261 g/mol. The lowest BCUT2D eigenvalue weighted by Crippen LogP contribution is -2.45. The molecule has 0 spiro atoms. The van der Waals surface area contributed by atoms with Crippen molar-refractivity contribution in [3.05, 3.63) is 35.4 Å². The van der Waals surface area contributed by atoms with Gasteiger partial charge in [-0.15, -0.1) is 0 Å². The van der Waals surface area contributed by atoms with Crippen LogP contribution >= 0.6 is 0 Å². The molecule has 3 heteroatoms. The predicted octanol–water partition coefficient (Wildman–Crippen LogP) is 1.89. The van der Waals surface area contributed by atoms with Crippen LogP contribution in [-0.4, -0.2) is 56.6 Å². The number of benzene rings is 1. The molecule has 1 aliphatic heterocycles. The number of likely N-dealkylation sites (N-methyl/N-ethyl adjacent to an activating group) is 1. The van der Waals surface area contributed by atoms with Gasteiger partial charge in [0.15, 0.2) is 0 Å². The molecule has 1 aromatic rings. The minimum Gasteiger partial charge on any atom is -0.313 e. The maximum atomic E-state index is 3.47. The van der Waals surface area contributed by atoms with Crippen LogP contribution in [0.5, 0.6) is 0 Å². The van der Waals surface area contributed by atoms with E-state index in [9.17, 15) is 0 Å². The van der Waals surface area contributed by atoms with Gasteiger partial charge in [0.2, 0.25) is 0 Å². The predicted molar refractivity (Wildman–Crippen MR) is 81.5 cm³/mol. The standard InChI is InChI=1S/C16H27N3/c1-14-6-4-5-7-15(14)16(17-2)8-9-19-12-10-18(3)11-13-19/h4-7,16-17H,8-13H2,1-3H3. The van der Waals surface area contributed by atoms with Crippen molar-refractivity contribution in [1.82, 2.24) is 15.1 Å². The Bertz CT molecular complexity index is 383. The zero-order chi connectivity index (χ0) is 13.7. The molecule has 19 heavy (non-hydrogen) atoms. The van der Waals surface area contributed by atoms with Gasteiger partial charge in [-0.2, -0.15) is 0 Å². The molecule has 0 aromatic heterocycles. The van der Waals surface area contributed by atoms with E-state index in [-0.39, 0.29) is 0 Å². The van der Waals surface area contributed by atoms with Crippen molar-refractivity contribution >= 4 is 0 Å². The summed E-state index contributed by atoms with van der Waals surface area (Å²) in [4.78, 5) is 5.00. The molecule has 0 aliphatic carbocycles. The molecule has 0 radical (unpaired) electrons. The lowest BCUT2D eigenvalue weighted by Gasteiger charge is -2.33. The fraction of sp³-hybridized carbons (Fsp3) is 0.625. The van der Waals surface area contributed by atoms with Gasteiger partial charge in [0.05, 0.1) is 0 Å². The van der Waals surface area contributed by atoms with Crippen LogP contribution < -0.4 is 5.32 Å². The normalized spacial score (nSPS) is 19.5. The molecule has 1 fully saturated rings. The fourth-order valence-electron chi connectivity index (χ4n) is 2.82. The highest BCUT2D eigenvalue weighted by Crippen LogP contribution is 2.20. The number of hydrogen-bond donors (Lipinski definition) is 1. The van der Waals surface area contributed by atoms with Crippen molar-refractivity contribution in [2.24, 2.45) is 0 Å². The summed E-state index contributed by atoms with van der Waals surface area (Å²) in [5.41, 5.74) is 2.83. The third-order valence-electron chi connectivity index (χ3n) is 4.24. The second-order valence-corrected chi connectivity index (χ2v) is 5.63. The Kier molecular flexibility index (Phi) is 5.37. The van der Waals surface area contributed by atoms with Gasteiger partial charge < -0.3 is 15.1 Å². The van der Waals surface area contributed by atoms with Crippen LogP contribution in [-0.2, 0) is 0 Å². The molecule has 2 rings (SSSR count). The third-order valence-corrected chi connectivity index (χ3v) is 4.24. The van der Waals surface area contributed by atoms with Crippen molar-refractivity contribution in [3.63, 3.8) is 0 Å². The van der Waals surface area contributed by atoms with Crippen LogP contribution in [0.1, 0.15) is 23.6 Å². The second kappa shape index (κ2) is 7.04. The molecule has 0 bridgehead atoms. The number of aryl methyl sites for hydroxylation is 1. The molecule has 1 saturated heterocycles. The Labute approximate surface area is 117 Å². The van der Waals surface area contributed by atoms with Crippen LogP contribution in [0, 0.1) is 6.92 Å². The second-order valence-electron chi connectivity index (χ2n) is 5.63. The van der Waals surface area contributed by atoms with Gasteiger partial charge in [-0.25, -0.2) is 0 Å².